The maximum Gasteiger partial charge on any atom is 0.165 e. The van der Waals surface area contributed by atoms with Gasteiger partial charge in [0.25, 0.3) is 0 Å². The largest absolute Gasteiger partial charge is 0.491 e. The van der Waals surface area contributed by atoms with E-state index in [1.54, 1.807) is 19.1 Å². The highest BCUT2D eigenvalue weighted by Gasteiger charge is 2.07. The van der Waals surface area contributed by atoms with Crippen molar-refractivity contribution in [2.75, 3.05) is 6.61 Å². The predicted octanol–water partition coefficient (Wildman–Crippen LogP) is 1.62. The van der Waals surface area contributed by atoms with Gasteiger partial charge in [0.15, 0.2) is 11.6 Å². The lowest BCUT2D eigenvalue weighted by atomic mass is 10.1. The summed E-state index contributed by atoms with van der Waals surface area (Å²) in [5.74, 6) is -0.189. The van der Waals surface area contributed by atoms with E-state index >= 15 is 0 Å². The first-order valence-electron chi connectivity index (χ1n) is 4.73. The van der Waals surface area contributed by atoms with E-state index in [1.807, 2.05) is 6.07 Å². The molecule has 1 atom stereocenters. The van der Waals surface area contributed by atoms with Crippen LogP contribution in [0.5, 0.6) is 5.75 Å². The number of hydrogen-bond acceptors (Lipinski definition) is 3. The Kier molecular flexibility index (Phi) is 4.07. The summed E-state index contributed by atoms with van der Waals surface area (Å²) in [6.07, 6.45) is 0.347. The van der Waals surface area contributed by atoms with E-state index in [4.69, 9.17) is 15.7 Å². The molecule has 80 valence electrons. The van der Waals surface area contributed by atoms with Crippen molar-refractivity contribution in [3.05, 3.63) is 29.6 Å². The average Bonchev–Trinajstić information content (AvgIpc) is 2.22. The predicted molar refractivity (Wildman–Crippen MR) is 54.9 cm³/mol. The molecule has 0 heterocycles. The SMILES string of the molecule is CCOc1ccc(CC(N)C#N)cc1F. The molecule has 1 aromatic rings. The number of nitrogens with zero attached hydrogens (tertiary/aromatic N) is 1. The molecule has 1 unspecified atom stereocenters. The Morgan fingerprint density at radius 1 is 1.60 bits per heavy atom. The van der Waals surface area contributed by atoms with Gasteiger partial charge in [0.05, 0.1) is 18.7 Å². The van der Waals surface area contributed by atoms with Crippen LogP contribution in [-0.2, 0) is 6.42 Å². The molecule has 0 fully saturated rings. The van der Waals surface area contributed by atoms with Gasteiger partial charge in [0, 0.05) is 6.42 Å². The minimum absolute atomic E-state index is 0.228. The van der Waals surface area contributed by atoms with Crippen LogP contribution in [0.15, 0.2) is 18.2 Å². The second-order valence-corrected chi connectivity index (χ2v) is 3.14. The first-order valence-corrected chi connectivity index (χ1v) is 4.73. The summed E-state index contributed by atoms with van der Waals surface area (Å²) < 4.78 is 18.4. The molecular formula is C11H13FN2O. The first-order chi connectivity index (χ1) is 7.17. The van der Waals surface area contributed by atoms with E-state index in [9.17, 15) is 4.39 Å². The molecule has 0 bridgehead atoms. The smallest absolute Gasteiger partial charge is 0.165 e. The lowest BCUT2D eigenvalue weighted by molar-refractivity contribution is 0.321. The summed E-state index contributed by atoms with van der Waals surface area (Å²) >= 11 is 0. The van der Waals surface area contributed by atoms with Crippen LogP contribution in [0.4, 0.5) is 4.39 Å². The molecule has 0 amide bonds. The monoisotopic (exact) mass is 208 g/mol. The van der Waals surface area contributed by atoms with Gasteiger partial charge in [-0.15, -0.1) is 0 Å². The van der Waals surface area contributed by atoms with Gasteiger partial charge in [-0.05, 0) is 24.6 Å². The Labute approximate surface area is 88.3 Å². The molecule has 0 aliphatic carbocycles. The van der Waals surface area contributed by atoms with Gasteiger partial charge < -0.3 is 10.5 Å². The summed E-state index contributed by atoms with van der Waals surface area (Å²) in [6, 6.07) is 5.92. The molecule has 0 spiro atoms. The van der Waals surface area contributed by atoms with E-state index in [0.29, 0.717) is 18.6 Å². The Balaban J connectivity index is 2.78. The van der Waals surface area contributed by atoms with Gasteiger partial charge in [0.2, 0.25) is 0 Å². The standard InChI is InChI=1S/C11H13FN2O/c1-2-15-11-4-3-8(6-10(11)12)5-9(14)7-13/h3-4,6,9H,2,5,14H2,1H3. The quantitative estimate of drug-likeness (QED) is 0.817. The Morgan fingerprint density at radius 2 is 2.33 bits per heavy atom. The molecule has 0 saturated heterocycles. The number of nitriles is 1. The van der Waals surface area contributed by atoms with E-state index in [2.05, 4.69) is 0 Å². The molecular weight excluding hydrogens is 195 g/mol. The highest BCUT2D eigenvalue weighted by Crippen LogP contribution is 2.18. The maximum atomic E-state index is 13.3. The van der Waals surface area contributed by atoms with E-state index in [1.165, 1.54) is 6.07 Å². The second-order valence-electron chi connectivity index (χ2n) is 3.14. The van der Waals surface area contributed by atoms with Crippen LogP contribution in [0.25, 0.3) is 0 Å². The summed E-state index contributed by atoms with van der Waals surface area (Å²) in [4.78, 5) is 0. The minimum Gasteiger partial charge on any atom is -0.491 e. The van der Waals surface area contributed by atoms with Crippen molar-refractivity contribution >= 4 is 0 Å². The van der Waals surface area contributed by atoms with Gasteiger partial charge in [-0.3, -0.25) is 0 Å². The Hall–Kier alpha value is -1.60. The lowest BCUT2D eigenvalue weighted by Gasteiger charge is -2.07. The molecule has 4 heteroatoms. The normalized spacial score (nSPS) is 11.9. The summed E-state index contributed by atoms with van der Waals surface area (Å²) in [5.41, 5.74) is 6.14. The Morgan fingerprint density at radius 3 is 2.87 bits per heavy atom. The average molecular weight is 208 g/mol. The highest BCUT2D eigenvalue weighted by atomic mass is 19.1. The third-order valence-electron chi connectivity index (χ3n) is 1.92. The van der Waals surface area contributed by atoms with E-state index < -0.39 is 11.9 Å². The van der Waals surface area contributed by atoms with Gasteiger partial charge in [-0.25, -0.2) is 4.39 Å². The van der Waals surface area contributed by atoms with Gasteiger partial charge in [-0.2, -0.15) is 5.26 Å². The first kappa shape index (κ1) is 11.5. The molecule has 15 heavy (non-hydrogen) atoms. The number of rotatable bonds is 4. The summed E-state index contributed by atoms with van der Waals surface area (Å²) in [6.45, 7) is 2.22. The molecule has 3 nitrogen and oxygen atoms in total. The minimum atomic E-state index is -0.595. The van der Waals surface area contributed by atoms with Crippen LogP contribution in [0, 0.1) is 17.1 Å². The zero-order valence-corrected chi connectivity index (χ0v) is 8.53. The van der Waals surface area contributed by atoms with E-state index in [-0.39, 0.29) is 5.75 Å². The fourth-order valence-corrected chi connectivity index (χ4v) is 1.24. The number of ether oxygens (including phenoxy) is 1. The van der Waals surface area contributed by atoms with Crippen molar-refractivity contribution < 1.29 is 9.13 Å². The molecule has 2 N–H and O–H groups in total. The molecule has 0 aromatic heterocycles. The van der Waals surface area contributed by atoms with Crippen molar-refractivity contribution in [2.24, 2.45) is 5.73 Å². The van der Waals surface area contributed by atoms with Crippen molar-refractivity contribution in [3.8, 4) is 11.8 Å². The van der Waals surface area contributed by atoms with E-state index in [0.717, 1.165) is 0 Å². The molecule has 0 radical (unpaired) electrons. The van der Waals surface area contributed by atoms with Crippen LogP contribution < -0.4 is 10.5 Å². The van der Waals surface area contributed by atoms with Crippen molar-refractivity contribution in [1.82, 2.24) is 0 Å². The highest BCUT2D eigenvalue weighted by molar-refractivity contribution is 5.30. The van der Waals surface area contributed by atoms with Crippen molar-refractivity contribution in [1.29, 1.82) is 5.26 Å². The third-order valence-corrected chi connectivity index (χ3v) is 1.92. The molecule has 0 aliphatic heterocycles. The zero-order valence-electron chi connectivity index (χ0n) is 8.53. The van der Waals surface area contributed by atoms with Crippen molar-refractivity contribution in [3.63, 3.8) is 0 Å². The zero-order chi connectivity index (χ0) is 11.3. The van der Waals surface area contributed by atoms with Gasteiger partial charge in [-0.1, -0.05) is 6.07 Å². The summed E-state index contributed by atoms with van der Waals surface area (Å²) in [5, 5.41) is 8.51. The van der Waals surface area contributed by atoms with Gasteiger partial charge in [0.1, 0.15) is 0 Å². The number of nitrogens with two attached hydrogens (primary N) is 1. The lowest BCUT2D eigenvalue weighted by Crippen LogP contribution is -2.20. The third kappa shape index (κ3) is 3.22. The van der Waals surface area contributed by atoms with Crippen LogP contribution >= 0.6 is 0 Å². The molecule has 1 aromatic carbocycles. The number of hydrogen-bond donors (Lipinski definition) is 1. The number of benzene rings is 1. The maximum absolute atomic E-state index is 13.3. The molecule has 0 aliphatic rings. The van der Waals surface area contributed by atoms with Gasteiger partial charge >= 0.3 is 0 Å². The van der Waals surface area contributed by atoms with Crippen LogP contribution in [-0.4, -0.2) is 12.6 Å². The molecule has 0 saturated carbocycles. The molecule has 1 rings (SSSR count). The van der Waals surface area contributed by atoms with Crippen LogP contribution in [0.2, 0.25) is 0 Å². The second kappa shape index (κ2) is 5.32. The van der Waals surface area contributed by atoms with Crippen LogP contribution in [0.1, 0.15) is 12.5 Å². The fraction of sp³-hybridized carbons (Fsp3) is 0.364. The number of halogens is 1. The fourth-order valence-electron chi connectivity index (χ4n) is 1.24. The topological polar surface area (TPSA) is 59.0 Å². The van der Waals surface area contributed by atoms with Crippen LogP contribution in [0.3, 0.4) is 0 Å². The Bertz CT molecular complexity index is 373. The van der Waals surface area contributed by atoms with Crippen molar-refractivity contribution in [2.45, 2.75) is 19.4 Å². The summed E-state index contributed by atoms with van der Waals surface area (Å²) in [7, 11) is 0.